The number of unbranched alkanes of at least 4 members (excludes halogenated alkanes) is 5. The fourth-order valence-electron chi connectivity index (χ4n) is 4.51. The number of hydrogen-bond donors (Lipinski definition) is 1. The number of carbonyl (C=O) groups is 2. The number of fused-ring (bicyclic) bond motifs is 3. The second-order valence-electron chi connectivity index (χ2n) is 8.65. The Kier molecular flexibility index (Phi) is 10.2. The van der Waals surface area contributed by atoms with Crippen LogP contribution in [0.5, 0.6) is 5.75 Å². The number of carbonyl (C=O) groups excluding carboxylic acids is 2. The predicted octanol–water partition coefficient (Wildman–Crippen LogP) is 6.24. The van der Waals surface area contributed by atoms with E-state index < -0.39 is 6.04 Å². The van der Waals surface area contributed by atoms with E-state index in [1.807, 2.05) is 60.2 Å². The minimum Gasteiger partial charge on any atom is -0.497 e. The molecule has 0 bridgehead atoms. The molecule has 1 aliphatic rings. The van der Waals surface area contributed by atoms with E-state index in [2.05, 4.69) is 12.2 Å². The third kappa shape index (κ3) is 6.45. The van der Waals surface area contributed by atoms with Crippen LogP contribution in [0.3, 0.4) is 0 Å². The van der Waals surface area contributed by atoms with Gasteiger partial charge in [-0.05, 0) is 36.1 Å². The molecule has 3 heterocycles. The highest BCUT2D eigenvalue weighted by molar-refractivity contribution is 7.09. The number of benzene rings is 1. The van der Waals surface area contributed by atoms with Gasteiger partial charge >= 0.3 is 0 Å². The highest BCUT2D eigenvalue weighted by Crippen LogP contribution is 2.30. The third-order valence-electron chi connectivity index (χ3n) is 6.36. The Labute approximate surface area is 213 Å². The van der Waals surface area contributed by atoms with Crippen LogP contribution in [0.15, 0.2) is 41.8 Å². The maximum absolute atomic E-state index is 13.6. The topological polar surface area (TPSA) is 63.6 Å². The van der Waals surface area contributed by atoms with Gasteiger partial charge in [0.05, 0.1) is 25.7 Å². The van der Waals surface area contributed by atoms with Crippen molar-refractivity contribution in [2.24, 2.45) is 0 Å². The van der Waals surface area contributed by atoms with E-state index in [1.165, 1.54) is 25.7 Å². The highest BCUT2D eigenvalue weighted by atomic mass is 32.1. The third-order valence-corrected chi connectivity index (χ3v) is 7.22. The van der Waals surface area contributed by atoms with Crippen molar-refractivity contribution in [1.82, 2.24) is 14.8 Å². The first-order chi connectivity index (χ1) is 17.1. The van der Waals surface area contributed by atoms with Crippen LogP contribution in [0.25, 0.3) is 10.9 Å². The monoisotopic (exact) mass is 497 g/mol. The summed E-state index contributed by atoms with van der Waals surface area (Å²) in [6.45, 7) is 7.74. The van der Waals surface area contributed by atoms with Crippen LogP contribution in [-0.2, 0) is 17.9 Å². The molecule has 1 aromatic carbocycles. The van der Waals surface area contributed by atoms with Gasteiger partial charge in [-0.3, -0.25) is 9.59 Å². The molecule has 3 aromatic rings. The Morgan fingerprint density at radius 3 is 2.60 bits per heavy atom. The largest absolute Gasteiger partial charge is 0.497 e. The van der Waals surface area contributed by atoms with Crippen LogP contribution in [-0.4, -0.2) is 41.0 Å². The van der Waals surface area contributed by atoms with Gasteiger partial charge in [0.2, 0.25) is 5.91 Å². The summed E-state index contributed by atoms with van der Waals surface area (Å²) in [6.07, 6.45) is 7.05. The van der Waals surface area contributed by atoms with Crippen LogP contribution in [0.2, 0.25) is 0 Å². The molecule has 1 aliphatic heterocycles. The number of aromatic nitrogens is 1. The molecule has 35 heavy (non-hydrogen) atoms. The Balaban J connectivity index is 0.00000167. The van der Waals surface area contributed by atoms with E-state index in [-0.39, 0.29) is 11.8 Å². The molecule has 7 heteroatoms. The zero-order valence-electron chi connectivity index (χ0n) is 21.5. The van der Waals surface area contributed by atoms with E-state index in [1.54, 1.807) is 23.3 Å². The lowest BCUT2D eigenvalue weighted by molar-refractivity contribution is -0.126. The van der Waals surface area contributed by atoms with Crippen molar-refractivity contribution in [3.05, 3.63) is 52.3 Å². The lowest BCUT2D eigenvalue weighted by atomic mass is 10.1. The number of ether oxygens (including phenoxy) is 1. The smallest absolute Gasteiger partial charge is 0.271 e. The van der Waals surface area contributed by atoms with Crippen molar-refractivity contribution in [3.8, 4) is 5.75 Å². The average Bonchev–Trinajstić information content (AvgIpc) is 3.53. The van der Waals surface area contributed by atoms with Gasteiger partial charge in [0.15, 0.2) is 0 Å². The van der Waals surface area contributed by atoms with Crippen molar-refractivity contribution >= 4 is 34.1 Å². The summed E-state index contributed by atoms with van der Waals surface area (Å²) in [7, 11) is 1.63. The van der Waals surface area contributed by atoms with Crippen molar-refractivity contribution in [3.63, 3.8) is 0 Å². The molecule has 1 N–H and O–H groups in total. The van der Waals surface area contributed by atoms with E-state index >= 15 is 0 Å². The van der Waals surface area contributed by atoms with Crippen molar-refractivity contribution in [2.75, 3.05) is 13.7 Å². The number of nitrogens with one attached hydrogen (secondary N) is 1. The minimum absolute atomic E-state index is 0.0798. The average molecular weight is 498 g/mol. The van der Waals surface area contributed by atoms with Crippen LogP contribution in [0, 0.1) is 0 Å². The first-order valence-electron chi connectivity index (χ1n) is 12.9. The Hall–Kier alpha value is -2.80. The lowest BCUT2D eigenvalue weighted by Gasteiger charge is -2.35. The van der Waals surface area contributed by atoms with E-state index in [9.17, 15) is 9.59 Å². The molecule has 1 unspecified atom stereocenters. The SMILES string of the molecule is CC.CCCCCCCCNC(=O)C1Cn2c(cc3ccc(OC)cc32)C(=O)N1Cc1cccs1. The summed E-state index contributed by atoms with van der Waals surface area (Å²) in [6, 6.07) is 11.2. The fourth-order valence-corrected chi connectivity index (χ4v) is 5.21. The summed E-state index contributed by atoms with van der Waals surface area (Å²) in [5.41, 5.74) is 1.54. The van der Waals surface area contributed by atoms with Gasteiger partial charge in [-0.25, -0.2) is 0 Å². The van der Waals surface area contributed by atoms with E-state index in [0.717, 1.165) is 34.4 Å². The molecule has 1 atom stereocenters. The maximum Gasteiger partial charge on any atom is 0.271 e. The molecule has 0 aliphatic carbocycles. The van der Waals surface area contributed by atoms with Crippen LogP contribution < -0.4 is 10.1 Å². The molecule has 0 saturated heterocycles. The number of thiophene rings is 1. The minimum atomic E-state index is -0.547. The molecule has 2 amide bonds. The molecule has 0 saturated carbocycles. The molecule has 0 fully saturated rings. The van der Waals surface area contributed by atoms with Gasteiger partial charge < -0.3 is 19.5 Å². The molecule has 0 spiro atoms. The highest BCUT2D eigenvalue weighted by Gasteiger charge is 2.37. The fraction of sp³-hybridized carbons (Fsp3) is 0.500. The normalized spacial score (nSPS) is 14.9. The first-order valence-corrected chi connectivity index (χ1v) is 13.8. The second-order valence-corrected chi connectivity index (χ2v) is 9.68. The number of nitrogens with zero attached hydrogens (tertiary/aromatic N) is 2. The van der Waals surface area contributed by atoms with Crippen LogP contribution in [0.1, 0.15) is 74.7 Å². The van der Waals surface area contributed by atoms with Crippen molar-refractivity contribution < 1.29 is 14.3 Å². The van der Waals surface area contributed by atoms with Crippen LogP contribution in [0.4, 0.5) is 0 Å². The standard InChI is InChI=1S/C26H33N3O3S.C2H6/c1-3-4-5-6-7-8-13-27-25(30)24-18-28-22-16-20(32-2)12-11-19(22)15-23(28)26(31)29(24)17-21-10-9-14-33-21;1-2/h9-12,14-16,24H,3-8,13,17-18H2,1-2H3,(H,27,30);1-2H3. The molecule has 190 valence electrons. The van der Waals surface area contributed by atoms with Crippen molar-refractivity contribution in [1.29, 1.82) is 0 Å². The zero-order valence-corrected chi connectivity index (χ0v) is 22.3. The summed E-state index contributed by atoms with van der Waals surface area (Å²) in [5, 5.41) is 6.08. The van der Waals surface area contributed by atoms with Gasteiger partial charge in [0.25, 0.3) is 5.91 Å². The van der Waals surface area contributed by atoms with E-state index in [4.69, 9.17) is 4.74 Å². The number of hydrogen-bond acceptors (Lipinski definition) is 4. The first kappa shape index (κ1) is 26.8. The van der Waals surface area contributed by atoms with Gasteiger partial charge in [-0.1, -0.05) is 58.9 Å². The van der Waals surface area contributed by atoms with E-state index in [0.29, 0.717) is 25.3 Å². The predicted molar refractivity (Wildman–Crippen MR) is 144 cm³/mol. The Morgan fingerprint density at radius 1 is 1.11 bits per heavy atom. The molecule has 4 rings (SSSR count). The zero-order chi connectivity index (χ0) is 25.2. The number of rotatable bonds is 11. The van der Waals surface area contributed by atoms with Gasteiger partial charge in [0, 0.05) is 22.9 Å². The lowest BCUT2D eigenvalue weighted by Crippen LogP contribution is -2.54. The van der Waals surface area contributed by atoms with Gasteiger partial charge in [0.1, 0.15) is 17.5 Å². The summed E-state index contributed by atoms with van der Waals surface area (Å²) in [4.78, 5) is 29.6. The number of methoxy groups -OCH3 is 1. The molecular weight excluding hydrogens is 458 g/mol. The second kappa shape index (κ2) is 13.3. The summed E-state index contributed by atoms with van der Waals surface area (Å²) in [5.74, 6) is 0.550. The summed E-state index contributed by atoms with van der Waals surface area (Å²) < 4.78 is 7.36. The molecule has 0 radical (unpaired) electrons. The Bertz CT molecular complexity index is 1090. The van der Waals surface area contributed by atoms with Crippen molar-refractivity contribution in [2.45, 2.75) is 78.4 Å². The molecule has 2 aromatic heterocycles. The van der Waals surface area contributed by atoms with Crippen LogP contribution >= 0.6 is 11.3 Å². The van der Waals surface area contributed by atoms with Gasteiger partial charge in [-0.2, -0.15) is 0 Å². The maximum atomic E-state index is 13.6. The molecule has 6 nitrogen and oxygen atoms in total. The quantitative estimate of drug-likeness (QED) is 0.319. The Morgan fingerprint density at radius 2 is 1.89 bits per heavy atom. The summed E-state index contributed by atoms with van der Waals surface area (Å²) >= 11 is 1.61. The van der Waals surface area contributed by atoms with Gasteiger partial charge in [-0.15, -0.1) is 11.3 Å². The number of amides is 2. The molecular formula is C28H39N3O3S.